The molecule has 0 unspecified atom stereocenters. The van der Waals surface area contributed by atoms with E-state index in [2.05, 4.69) is 10.3 Å². The minimum Gasteiger partial charge on any atom is -0.378 e. The van der Waals surface area contributed by atoms with Gasteiger partial charge in [0.2, 0.25) is 5.95 Å². The number of hydrogen-bond donors (Lipinski definition) is 1. The van der Waals surface area contributed by atoms with Crippen LogP contribution in [0.4, 0.5) is 15.8 Å². The quantitative estimate of drug-likeness (QED) is 0.520. The largest absolute Gasteiger partial charge is 0.378 e. The molecule has 0 amide bonds. The van der Waals surface area contributed by atoms with Crippen LogP contribution >= 0.6 is 0 Å². The normalized spacial score (nSPS) is 10.6. The number of aromatic nitrogens is 1. The molecule has 0 radical (unpaired) electrons. The van der Waals surface area contributed by atoms with Gasteiger partial charge in [0.15, 0.2) is 5.78 Å². The molecular formula is C16H16FN3O. The summed E-state index contributed by atoms with van der Waals surface area (Å²) in [5.41, 5.74) is 2.32. The monoisotopic (exact) mass is 284 g/mol. The Kier molecular flexibility index (Phi) is 4.66. The van der Waals surface area contributed by atoms with Crippen molar-refractivity contribution in [3.8, 4) is 0 Å². The first kappa shape index (κ1) is 14.7. The molecule has 0 aliphatic carbocycles. The second-order valence-corrected chi connectivity index (χ2v) is 4.65. The van der Waals surface area contributed by atoms with Crippen molar-refractivity contribution in [3.05, 3.63) is 66.4 Å². The van der Waals surface area contributed by atoms with Gasteiger partial charge < -0.3 is 10.2 Å². The fourth-order valence-corrected chi connectivity index (χ4v) is 1.69. The number of nitrogens with zero attached hydrogens (tertiary/aromatic N) is 2. The number of anilines is 2. The summed E-state index contributed by atoms with van der Waals surface area (Å²) in [6.45, 7) is 0. The maximum Gasteiger partial charge on any atom is 0.212 e. The van der Waals surface area contributed by atoms with Crippen LogP contribution in [0.1, 0.15) is 10.4 Å². The molecule has 2 rings (SSSR count). The Morgan fingerprint density at radius 1 is 1.19 bits per heavy atom. The van der Waals surface area contributed by atoms with E-state index in [4.69, 9.17) is 0 Å². The molecule has 0 aliphatic heterocycles. The standard InChI is InChI=1S/C16H16FN3O/c1-20(2)14-6-4-13(5-7-14)18-10-9-15(21)12-3-8-16(17)19-11-12/h3-11,18H,1-2H3/b10-9+/i17-1. The highest BCUT2D eigenvalue weighted by Crippen LogP contribution is 2.15. The van der Waals surface area contributed by atoms with E-state index in [0.29, 0.717) is 5.56 Å². The number of rotatable bonds is 5. The zero-order valence-electron chi connectivity index (χ0n) is 11.9. The minimum absolute atomic E-state index is 0.236. The molecule has 0 atom stereocenters. The summed E-state index contributed by atoms with van der Waals surface area (Å²) in [6, 6.07) is 10.4. The second-order valence-electron chi connectivity index (χ2n) is 4.65. The zero-order chi connectivity index (χ0) is 15.2. The Labute approximate surface area is 122 Å². The average molecular weight is 284 g/mol. The third-order valence-electron chi connectivity index (χ3n) is 2.88. The van der Waals surface area contributed by atoms with Crippen molar-refractivity contribution < 1.29 is 9.18 Å². The van der Waals surface area contributed by atoms with E-state index in [1.54, 1.807) is 6.20 Å². The number of nitrogens with one attached hydrogen (secondary N) is 1. The van der Waals surface area contributed by atoms with Crippen LogP contribution in [0.2, 0.25) is 0 Å². The van der Waals surface area contributed by atoms with Crippen molar-refractivity contribution in [3.63, 3.8) is 0 Å². The average Bonchev–Trinajstić information content (AvgIpc) is 2.48. The SMILES string of the molecule is CN(C)c1ccc(N/C=C/C(=O)c2ccc([18F])nc2)cc1. The van der Waals surface area contributed by atoms with Gasteiger partial charge in [-0.15, -0.1) is 0 Å². The molecule has 1 heterocycles. The van der Waals surface area contributed by atoms with E-state index in [-0.39, 0.29) is 5.78 Å². The highest BCUT2D eigenvalue weighted by Gasteiger charge is 2.02. The number of carbonyl (C=O) groups excluding carboxylic acids is 1. The van der Waals surface area contributed by atoms with E-state index < -0.39 is 5.95 Å². The molecule has 21 heavy (non-hydrogen) atoms. The van der Waals surface area contributed by atoms with E-state index >= 15 is 0 Å². The van der Waals surface area contributed by atoms with Gasteiger partial charge in [0, 0.05) is 49.5 Å². The van der Waals surface area contributed by atoms with Crippen molar-refractivity contribution in [2.24, 2.45) is 0 Å². The summed E-state index contributed by atoms with van der Waals surface area (Å²) in [4.78, 5) is 17.2. The first-order valence-electron chi connectivity index (χ1n) is 6.42. The molecule has 1 aromatic heterocycles. The van der Waals surface area contributed by atoms with E-state index in [1.807, 2.05) is 43.3 Å². The van der Waals surface area contributed by atoms with Crippen molar-refractivity contribution >= 4 is 17.2 Å². The van der Waals surface area contributed by atoms with Crippen LogP contribution in [0.15, 0.2) is 54.9 Å². The molecule has 0 saturated carbocycles. The fourth-order valence-electron chi connectivity index (χ4n) is 1.69. The number of hydrogen-bond acceptors (Lipinski definition) is 4. The number of pyridine rings is 1. The van der Waals surface area contributed by atoms with Gasteiger partial charge in [-0.3, -0.25) is 4.79 Å². The molecule has 0 saturated heterocycles. The summed E-state index contributed by atoms with van der Waals surface area (Å²) in [7, 11) is 3.94. The van der Waals surface area contributed by atoms with E-state index in [0.717, 1.165) is 17.4 Å². The van der Waals surface area contributed by atoms with Gasteiger partial charge in [-0.25, -0.2) is 4.98 Å². The van der Waals surface area contributed by atoms with Gasteiger partial charge in [-0.05, 0) is 36.4 Å². The van der Waals surface area contributed by atoms with Crippen LogP contribution in [-0.4, -0.2) is 24.9 Å². The molecule has 0 bridgehead atoms. The van der Waals surface area contributed by atoms with Crippen LogP contribution in [0.25, 0.3) is 0 Å². The van der Waals surface area contributed by atoms with Gasteiger partial charge in [-0.1, -0.05) is 0 Å². The topological polar surface area (TPSA) is 45.2 Å². The van der Waals surface area contributed by atoms with E-state index in [1.165, 1.54) is 18.3 Å². The lowest BCUT2D eigenvalue weighted by molar-refractivity contribution is 0.104. The Morgan fingerprint density at radius 3 is 2.48 bits per heavy atom. The Hall–Kier alpha value is -2.69. The summed E-state index contributed by atoms with van der Waals surface area (Å²) < 4.78 is 12.7. The summed E-state index contributed by atoms with van der Waals surface area (Å²) in [5.74, 6) is -0.838. The molecule has 0 fully saturated rings. The van der Waals surface area contributed by atoms with Gasteiger partial charge in [0.1, 0.15) is 0 Å². The lowest BCUT2D eigenvalue weighted by atomic mass is 10.2. The smallest absolute Gasteiger partial charge is 0.212 e. The number of carbonyl (C=O) groups is 1. The zero-order valence-corrected chi connectivity index (χ0v) is 11.9. The lowest BCUT2D eigenvalue weighted by Gasteiger charge is -2.12. The van der Waals surface area contributed by atoms with Crippen molar-refractivity contribution in [2.75, 3.05) is 24.3 Å². The molecule has 1 aromatic carbocycles. The van der Waals surface area contributed by atoms with E-state index in [9.17, 15) is 9.18 Å². The molecule has 2 aromatic rings. The number of benzene rings is 1. The molecule has 1 N–H and O–H groups in total. The summed E-state index contributed by atoms with van der Waals surface area (Å²) in [5, 5.41) is 3.01. The Morgan fingerprint density at radius 2 is 1.90 bits per heavy atom. The summed E-state index contributed by atoms with van der Waals surface area (Å²) in [6.07, 6.45) is 4.15. The fraction of sp³-hybridized carbons (Fsp3) is 0.125. The molecule has 0 aliphatic rings. The van der Waals surface area contributed by atoms with Crippen LogP contribution in [0.5, 0.6) is 0 Å². The Bertz CT molecular complexity index is 634. The van der Waals surface area contributed by atoms with Crippen LogP contribution in [0, 0.1) is 5.95 Å². The first-order valence-corrected chi connectivity index (χ1v) is 6.42. The predicted octanol–water partition coefficient (Wildman–Crippen LogP) is 3.10. The van der Waals surface area contributed by atoms with Crippen LogP contribution < -0.4 is 10.2 Å². The molecule has 0 spiro atoms. The van der Waals surface area contributed by atoms with Crippen molar-refractivity contribution in [1.82, 2.24) is 4.98 Å². The van der Waals surface area contributed by atoms with Gasteiger partial charge in [0.25, 0.3) is 0 Å². The maximum absolute atomic E-state index is 12.7. The predicted molar refractivity (Wildman–Crippen MR) is 82.1 cm³/mol. The molecule has 108 valence electrons. The van der Waals surface area contributed by atoms with Crippen molar-refractivity contribution in [2.45, 2.75) is 0 Å². The highest BCUT2D eigenvalue weighted by atomic mass is 18.2. The minimum atomic E-state index is -0.602. The molecule has 5 heteroatoms. The maximum atomic E-state index is 12.7. The first-order chi connectivity index (χ1) is 10.1. The van der Waals surface area contributed by atoms with Crippen LogP contribution in [-0.2, 0) is 0 Å². The summed E-state index contributed by atoms with van der Waals surface area (Å²) >= 11 is 0. The van der Waals surface area contributed by atoms with Gasteiger partial charge in [0.05, 0.1) is 0 Å². The number of halogens is 1. The van der Waals surface area contributed by atoms with Gasteiger partial charge >= 0.3 is 0 Å². The third-order valence-corrected chi connectivity index (χ3v) is 2.88. The van der Waals surface area contributed by atoms with Gasteiger partial charge in [-0.2, -0.15) is 4.39 Å². The number of ketones is 1. The van der Waals surface area contributed by atoms with Crippen molar-refractivity contribution in [1.29, 1.82) is 0 Å². The second kappa shape index (κ2) is 6.65. The third kappa shape index (κ3) is 4.14. The number of allylic oxidation sites excluding steroid dienone is 1. The van der Waals surface area contributed by atoms with Crippen LogP contribution in [0.3, 0.4) is 0 Å². The lowest BCUT2D eigenvalue weighted by Crippen LogP contribution is -2.08. The highest BCUT2D eigenvalue weighted by molar-refractivity contribution is 6.04. The molecule has 4 nitrogen and oxygen atoms in total. The Balaban J connectivity index is 1.95. The molecular weight excluding hydrogens is 268 g/mol.